The summed E-state index contributed by atoms with van der Waals surface area (Å²) < 4.78 is 0. The molecule has 0 saturated carbocycles. The van der Waals surface area contributed by atoms with E-state index in [4.69, 9.17) is 34.0 Å². The van der Waals surface area contributed by atoms with Crippen LogP contribution in [0.15, 0.2) is 12.1 Å². The fraction of sp³-hybridized carbons (Fsp3) is 0.385. The van der Waals surface area contributed by atoms with Crippen molar-refractivity contribution in [2.75, 3.05) is 18.8 Å². The molecule has 1 saturated heterocycles. The molecule has 3 N–H and O–H groups in total. The quantitative estimate of drug-likeness (QED) is 0.838. The summed E-state index contributed by atoms with van der Waals surface area (Å²) in [5, 5.41) is 9.38. The van der Waals surface area contributed by atoms with Gasteiger partial charge in [0.15, 0.2) is 0 Å². The van der Waals surface area contributed by atoms with Crippen LogP contribution < -0.4 is 5.73 Å². The highest BCUT2D eigenvalue weighted by Gasteiger charge is 2.37. The second-order valence-corrected chi connectivity index (χ2v) is 5.77. The second-order valence-electron chi connectivity index (χ2n) is 4.95. The summed E-state index contributed by atoms with van der Waals surface area (Å²) >= 11 is 11.8. The van der Waals surface area contributed by atoms with E-state index in [9.17, 15) is 9.59 Å². The van der Waals surface area contributed by atoms with E-state index in [1.54, 1.807) is 11.8 Å². The van der Waals surface area contributed by atoms with Gasteiger partial charge < -0.3 is 15.7 Å². The molecule has 1 aromatic rings. The van der Waals surface area contributed by atoms with Crippen LogP contribution in [0.5, 0.6) is 0 Å². The number of benzene rings is 1. The van der Waals surface area contributed by atoms with Crippen LogP contribution in [0, 0.1) is 11.8 Å². The standard InChI is InChI=1S/C13H14Cl2N2O3/c1-6(13(19)20)8-4-17(5-8)12(18)7-2-9(14)11(16)10(15)3-7/h2-3,6,8H,4-5,16H2,1H3,(H,19,20). The number of hydrogen-bond donors (Lipinski definition) is 2. The lowest BCUT2D eigenvalue weighted by Crippen LogP contribution is -2.53. The number of carboxylic acids is 1. The number of anilines is 1. The van der Waals surface area contributed by atoms with Gasteiger partial charge >= 0.3 is 5.97 Å². The van der Waals surface area contributed by atoms with Crippen molar-refractivity contribution in [2.45, 2.75) is 6.92 Å². The number of carbonyl (C=O) groups is 2. The molecule has 1 aliphatic heterocycles. The summed E-state index contributed by atoms with van der Waals surface area (Å²) in [5.41, 5.74) is 6.21. The van der Waals surface area contributed by atoms with E-state index in [1.165, 1.54) is 12.1 Å². The van der Waals surface area contributed by atoms with E-state index in [-0.39, 0.29) is 27.6 Å². The maximum Gasteiger partial charge on any atom is 0.306 e. The van der Waals surface area contributed by atoms with Crippen molar-refractivity contribution in [1.29, 1.82) is 0 Å². The average molecular weight is 317 g/mol. The van der Waals surface area contributed by atoms with Crippen molar-refractivity contribution in [3.8, 4) is 0 Å². The maximum absolute atomic E-state index is 12.2. The first-order chi connectivity index (χ1) is 9.31. The molecule has 20 heavy (non-hydrogen) atoms. The van der Waals surface area contributed by atoms with E-state index in [1.807, 2.05) is 0 Å². The van der Waals surface area contributed by atoms with Gasteiger partial charge in [-0.15, -0.1) is 0 Å². The van der Waals surface area contributed by atoms with Crippen molar-refractivity contribution in [3.05, 3.63) is 27.7 Å². The van der Waals surface area contributed by atoms with Gasteiger partial charge in [-0.3, -0.25) is 9.59 Å². The van der Waals surface area contributed by atoms with Crippen LogP contribution in [0.1, 0.15) is 17.3 Å². The van der Waals surface area contributed by atoms with Crippen LogP contribution >= 0.6 is 23.2 Å². The smallest absolute Gasteiger partial charge is 0.306 e. The maximum atomic E-state index is 12.2. The lowest BCUT2D eigenvalue weighted by molar-refractivity contribution is -0.144. The molecule has 5 nitrogen and oxygen atoms in total. The van der Waals surface area contributed by atoms with Crippen LogP contribution in [-0.4, -0.2) is 35.0 Å². The van der Waals surface area contributed by atoms with Crippen LogP contribution in [0.2, 0.25) is 10.0 Å². The summed E-state index contributed by atoms with van der Waals surface area (Å²) in [4.78, 5) is 24.6. The SMILES string of the molecule is CC(C(=O)O)C1CN(C(=O)c2cc(Cl)c(N)c(Cl)c2)C1. The molecule has 2 rings (SSSR count). The number of carboxylic acid groups (broad SMARTS) is 1. The number of aliphatic carboxylic acids is 1. The molecule has 1 atom stereocenters. The normalized spacial score (nSPS) is 16.6. The highest BCUT2D eigenvalue weighted by Crippen LogP contribution is 2.31. The third-order valence-electron chi connectivity index (χ3n) is 3.62. The Bertz CT molecular complexity index is 548. The number of rotatable bonds is 3. The first-order valence-corrected chi connectivity index (χ1v) is 6.83. The molecule has 0 bridgehead atoms. The topological polar surface area (TPSA) is 83.6 Å². The van der Waals surface area contributed by atoms with Gasteiger partial charge in [0.05, 0.1) is 21.7 Å². The monoisotopic (exact) mass is 316 g/mol. The van der Waals surface area contributed by atoms with Crippen LogP contribution in [0.25, 0.3) is 0 Å². The third kappa shape index (κ3) is 2.69. The zero-order valence-corrected chi connectivity index (χ0v) is 12.3. The molecular weight excluding hydrogens is 303 g/mol. The van der Waals surface area contributed by atoms with Crippen molar-refractivity contribution in [1.82, 2.24) is 4.90 Å². The van der Waals surface area contributed by atoms with Gasteiger partial charge in [-0.1, -0.05) is 30.1 Å². The van der Waals surface area contributed by atoms with Gasteiger partial charge in [-0.05, 0) is 12.1 Å². The summed E-state index contributed by atoms with van der Waals surface area (Å²) in [7, 11) is 0. The number of halogens is 2. The molecule has 0 aromatic heterocycles. The summed E-state index contributed by atoms with van der Waals surface area (Å²) in [6.45, 7) is 2.49. The van der Waals surface area contributed by atoms with Gasteiger partial charge in [0.1, 0.15) is 0 Å². The molecule has 1 aliphatic rings. The van der Waals surface area contributed by atoms with E-state index in [0.717, 1.165) is 0 Å². The molecule has 1 unspecified atom stereocenters. The number of likely N-dealkylation sites (tertiary alicyclic amines) is 1. The molecule has 1 aromatic carbocycles. The predicted octanol–water partition coefficient (Wildman–Crippen LogP) is 2.37. The van der Waals surface area contributed by atoms with Crippen LogP contribution in [0.4, 0.5) is 5.69 Å². The van der Waals surface area contributed by atoms with Crippen molar-refractivity contribution in [3.63, 3.8) is 0 Å². The molecule has 108 valence electrons. The molecule has 1 heterocycles. The second kappa shape index (κ2) is 5.50. The third-order valence-corrected chi connectivity index (χ3v) is 4.25. The number of hydrogen-bond acceptors (Lipinski definition) is 3. The summed E-state index contributed by atoms with van der Waals surface area (Å²) in [5.74, 6) is -1.54. The Morgan fingerprint density at radius 3 is 2.30 bits per heavy atom. The molecule has 0 spiro atoms. The number of nitrogens with zero attached hydrogens (tertiary/aromatic N) is 1. The van der Waals surface area contributed by atoms with Gasteiger partial charge in [0.25, 0.3) is 5.91 Å². The summed E-state index contributed by atoms with van der Waals surface area (Å²) in [6, 6.07) is 2.94. The van der Waals surface area contributed by atoms with Crippen molar-refractivity contribution >= 4 is 40.8 Å². The highest BCUT2D eigenvalue weighted by atomic mass is 35.5. The van der Waals surface area contributed by atoms with E-state index < -0.39 is 11.9 Å². The van der Waals surface area contributed by atoms with Crippen LogP contribution in [0.3, 0.4) is 0 Å². The molecule has 0 aliphatic carbocycles. The van der Waals surface area contributed by atoms with Gasteiger partial charge in [0.2, 0.25) is 0 Å². The Kier molecular flexibility index (Phi) is 4.11. The minimum absolute atomic E-state index is 0.0174. The lowest BCUT2D eigenvalue weighted by atomic mass is 9.86. The summed E-state index contributed by atoms with van der Waals surface area (Å²) in [6.07, 6.45) is 0. The lowest BCUT2D eigenvalue weighted by Gasteiger charge is -2.41. The minimum atomic E-state index is -0.847. The first kappa shape index (κ1) is 14.9. The van der Waals surface area contributed by atoms with E-state index >= 15 is 0 Å². The minimum Gasteiger partial charge on any atom is -0.481 e. The number of carbonyl (C=O) groups excluding carboxylic acids is 1. The Hall–Kier alpha value is -1.46. The zero-order valence-electron chi connectivity index (χ0n) is 10.8. The first-order valence-electron chi connectivity index (χ1n) is 6.08. The Balaban J connectivity index is 2.06. The number of nitrogen functional groups attached to an aromatic ring is 1. The highest BCUT2D eigenvalue weighted by molar-refractivity contribution is 6.39. The van der Waals surface area contributed by atoms with E-state index in [0.29, 0.717) is 18.7 Å². The predicted molar refractivity (Wildman–Crippen MR) is 77.1 cm³/mol. The van der Waals surface area contributed by atoms with Crippen molar-refractivity contribution < 1.29 is 14.7 Å². The van der Waals surface area contributed by atoms with Crippen molar-refractivity contribution in [2.24, 2.45) is 11.8 Å². The van der Waals surface area contributed by atoms with E-state index in [2.05, 4.69) is 0 Å². The largest absolute Gasteiger partial charge is 0.481 e. The molecule has 0 radical (unpaired) electrons. The van der Waals surface area contributed by atoms with Gasteiger partial charge in [-0.2, -0.15) is 0 Å². The molecule has 1 fully saturated rings. The average Bonchev–Trinajstić information content (AvgIpc) is 2.32. The molecule has 7 heteroatoms. The molecule has 1 amide bonds. The number of nitrogens with two attached hydrogens (primary N) is 1. The van der Waals surface area contributed by atoms with Gasteiger partial charge in [0, 0.05) is 24.6 Å². The fourth-order valence-electron chi connectivity index (χ4n) is 2.09. The Morgan fingerprint density at radius 1 is 1.35 bits per heavy atom. The molecular formula is C13H14Cl2N2O3. The zero-order chi connectivity index (χ0) is 15.0. The number of amides is 1. The Morgan fingerprint density at radius 2 is 1.85 bits per heavy atom. The fourth-order valence-corrected chi connectivity index (χ4v) is 2.57. The van der Waals surface area contributed by atoms with Gasteiger partial charge in [-0.25, -0.2) is 0 Å². The van der Waals surface area contributed by atoms with Crippen LogP contribution in [-0.2, 0) is 4.79 Å². The Labute approximate surface area is 126 Å².